The first kappa shape index (κ1) is 43.4. The molecule has 4 heterocycles. The van der Waals surface area contributed by atoms with Gasteiger partial charge in [0.1, 0.15) is 17.8 Å². The van der Waals surface area contributed by atoms with Crippen LogP contribution in [0, 0.1) is 11.8 Å². The van der Waals surface area contributed by atoms with E-state index in [1.54, 1.807) is 5.38 Å². The summed E-state index contributed by atoms with van der Waals surface area (Å²) in [6.45, 7) is 0.00743. The highest BCUT2D eigenvalue weighted by atomic mass is 32.2. The van der Waals surface area contributed by atoms with Crippen molar-refractivity contribution in [3.63, 3.8) is 0 Å². The van der Waals surface area contributed by atoms with Gasteiger partial charge < -0.3 is 26.0 Å². The Morgan fingerprint density at radius 1 is 0.984 bits per heavy atom. The average Bonchev–Trinajstić information content (AvgIpc) is 3.50. The zero-order valence-corrected chi connectivity index (χ0v) is 34.9. The molecule has 324 valence electrons. The SMILES string of the molecule is CS(=O)(=O)n1ccc(C(=O)N[C@@H](CCCCNC(=O)C2CC2CNC(=O)COc2cccc3c2C(=O)N(C2CCC(=O)NC2=O)C3=O)C(=O)Nc2nc(-c3ccccc3)cs2)c1. The van der Waals surface area contributed by atoms with Gasteiger partial charge in [0.05, 0.1) is 28.6 Å². The van der Waals surface area contributed by atoms with Crippen molar-refractivity contribution in [2.24, 2.45) is 11.8 Å². The molecule has 1 saturated heterocycles. The van der Waals surface area contributed by atoms with E-state index >= 15 is 0 Å². The highest BCUT2D eigenvalue weighted by Gasteiger charge is 2.46. The van der Waals surface area contributed by atoms with Crippen molar-refractivity contribution in [1.29, 1.82) is 0 Å². The summed E-state index contributed by atoms with van der Waals surface area (Å²) in [6, 6.07) is 12.9. The number of piperidine rings is 1. The van der Waals surface area contributed by atoms with Crippen LogP contribution in [0.5, 0.6) is 5.75 Å². The number of nitrogens with zero attached hydrogens (tertiary/aromatic N) is 3. The predicted octanol–water partition coefficient (Wildman–Crippen LogP) is 1.68. The highest BCUT2D eigenvalue weighted by Crippen LogP contribution is 2.38. The van der Waals surface area contributed by atoms with Crippen LogP contribution in [-0.2, 0) is 34.0 Å². The number of aromatic nitrogens is 2. The molecule has 2 aliphatic heterocycles. The number of thiazole rings is 1. The number of rotatable bonds is 18. The van der Waals surface area contributed by atoms with Crippen molar-refractivity contribution in [1.82, 2.24) is 35.1 Å². The quantitative estimate of drug-likeness (QED) is 0.0707. The van der Waals surface area contributed by atoms with Crippen LogP contribution in [-0.4, -0.2) is 108 Å². The molecule has 0 radical (unpaired) electrons. The zero-order valence-electron chi connectivity index (χ0n) is 33.3. The van der Waals surface area contributed by atoms with E-state index < -0.39 is 70.1 Å². The van der Waals surface area contributed by atoms with Crippen LogP contribution in [0.3, 0.4) is 0 Å². The van der Waals surface area contributed by atoms with Gasteiger partial charge >= 0.3 is 0 Å². The first-order chi connectivity index (χ1) is 29.7. The second kappa shape index (κ2) is 18.5. The van der Waals surface area contributed by atoms with E-state index in [1.165, 1.54) is 41.8 Å². The van der Waals surface area contributed by atoms with Crippen molar-refractivity contribution in [2.45, 2.75) is 50.6 Å². The Morgan fingerprint density at radius 3 is 2.52 bits per heavy atom. The molecule has 21 heteroatoms. The fourth-order valence-electron chi connectivity index (χ4n) is 7.15. The second-order valence-electron chi connectivity index (χ2n) is 15.0. The molecule has 0 bridgehead atoms. The minimum atomic E-state index is -3.63. The number of amides is 8. The van der Waals surface area contributed by atoms with Crippen LogP contribution < -0.4 is 31.3 Å². The van der Waals surface area contributed by atoms with Crippen molar-refractivity contribution in [3.8, 4) is 17.0 Å². The fourth-order valence-corrected chi connectivity index (χ4v) is 8.46. The van der Waals surface area contributed by atoms with Gasteiger partial charge in [-0.1, -0.05) is 36.4 Å². The highest BCUT2D eigenvalue weighted by molar-refractivity contribution is 7.89. The Hall–Kier alpha value is -6.74. The number of unbranched alkanes of at least 4 members (excludes halogenated alkanes) is 1. The lowest BCUT2D eigenvalue weighted by Gasteiger charge is -2.27. The van der Waals surface area contributed by atoms with Gasteiger partial charge in [-0.25, -0.2) is 13.4 Å². The molecular weight excluding hydrogens is 845 g/mol. The predicted molar refractivity (Wildman–Crippen MR) is 222 cm³/mol. The third-order valence-corrected chi connectivity index (χ3v) is 12.3. The summed E-state index contributed by atoms with van der Waals surface area (Å²) in [5.74, 6) is -5.01. The van der Waals surface area contributed by atoms with Gasteiger partial charge in [-0.2, -0.15) is 0 Å². The van der Waals surface area contributed by atoms with E-state index in [0.29, 0.717) is 30.1 Å². The maximum atomic E-state index is 13.5. The van der Waals surface area contributed by atoms with Crippen LogP contribution in [0.2, 0.25) is 0 Å². The minimum Gasteiger partial charge on any atom is -0.483 e. The Kier molecular flexibility index (Phi) is 12.9. The van der Waals surface area contributed by atoms with Crippen LogP contribution in [0.4, 0.5) is 5.13 Å². The summed E-state index contributed by atoms with van der Waals surface area (Å²) < 4.78 is 30.4. The van der Waals surface area contributed by atoms with E-state index in [-0.39, 0.29) is 72.5 Å². The summed E-state index contributed by atoms with van der Waals surface area (Å²) in [6.07, 6.45) is 5.02. The number of benzene rings is 2. The largest absolute Gasteiger partial charge is 0.483 e. The standard InChI is InChI=1S/C41H42N8O11S2/c1-62(58,59)48-17-15-24(20-48)35(52)44-28(37(54)47-41-45-29(22-61-41)23-8-3-2-4-9-23)11-5-6-16-42-36(53)27-18-25(27)19-43-33(51)21-60-31-12-7-10-26-34(31)40(57)49(39(26)56)30-13-14-32(50)46-38(30)55/h2-4,7-10,12,15,17,20,22,25,27-28,30H,5-6,11,13-14,16,18-19,21H2,1H3,(H,42,53)(H,43,51)(H,44,52)(H,45,47,54)(H,46,50,55)/t25?,27?,28-,30?/m0/s1. The number of carbonyl (C=O) groups is 8. The van der Waals surface area contributed by atoms with Crippen LogP contribution in [0.1, 0.15) is 69.6 Å². The van der Waals surface area contributed by atoms with Crippen molar-refractivity contribution >= 4 is 73.7 Å². The summed E-state index contributed by atoms with van der Waals surface area (Å²) in [5, 5.41) is 15.3. The van der Waals surface area contributed by atoms with E-state index in [2.05, 4.69) is 31.6 Å². The molecule has 19 nitrogen and oxygen atoms in total. The molecule has 62 heavy (non-hydrogen) atoms. The molecule has 3 unspecified atom stereocenters. The molecule has 1 aliphatic carbocycles. The van der Waals surface area contributed by atoms with Crippen LogP contribution in [0.15, 0.2) is 72.4 Å². The Morgan fingerprint density at radius 2 is 1.77 bits per heavy atom. The molecule has 5 N–H and O–H groups in total. The Bertz CT molecular complexity index is 2560. The maximum absolute atomic E-state index is 13.5. The van der Waals surface area contributed by atoms with Crippen molar-refractivity contribution < 1.29 is 51.5 Å². The number of hydrogen-bond donors (Lipinski definition) is 5. The second-order valence-corrected chi connectivity index (χ2v) is 17.8. The first-order valence-electron chi connectivity index (χ1n) is 19.7. The molecule has 2 aromatic heterocycles. The van der Waals surface area contributed by atoms with Crippen LogP contribution >= 0.6 is 11.3 Å². The summed E-state index contributed by atoms with van der Waals surface area (Å²) in [5.41, 5.74) is 1.54. The van der Waals surface area contributed by atoms with Crippen molar-refractivity contribution in [2.75, 3.05) is 31.3 Å². The third-order valence-electron chi connectivity index (χ3n) is 10.6. The van der Waals surface area contributed by atoms with E-state index in [4.69, 9.17) is 4.74 Å². The Balaban J connectivity index is 0.848. The molecule has 7 rings (SSSR count). The molecule has 2 fully saturated rings. The molecule has 2 aromatic carbocycles. The number of fused-ring (bicyclic) bond motifs is 1. The average molecular weight is 887 g/mol. The summed E-state index contributed by atoms with van der Waals surface area (Å²) in [4.78, 5) is 108. The lowest BCUT2D eigenvalue weighted by Crippen LogP contribution is -2.54. The normalized spacial score (nSPS) is 18.7. The number of ether oxygens (including phenoxy) is 1. The first-order valence-corrected chi connectivity index (χ1v) is 22.4. The number of carbonyl (C=O) groups excluding carboxylic acids is 8. The fraction of sp³-hybridized carbons (Fsp3) is 0.341. The summed E-state index contributed by atoms with van der Waals surface area (Å²) in [7, 11) is -3.63. The van der Waals surface area contributed by atoms with Gasteiger partial charge in [0, 0.05) is 48.8 Å². The van der Waals surface area contributed by atoms with Gasteiger partial charge in [-0.05, 0) is 56.2 Å². The minimum absolute atomic E-state index is 0.00250. The van der Waals surface area contributed by atoms with Gasteiger partial charge in [0.2, 0.25) is 33.7 Å². The van der Waals surface area contributed by atoms with Crippen LogP contribution in [0.25, 0.3) is 11.3 Å². The molecule has 3 aliphatic rings. The smallest absolute Gasteiger partial charge is 0.266 e. The zero-order chi connectivity index (χ0) is 44.1. The topological polar surface area (TPSA) is 261 Å². The van der Waals surface area contributed by atoms with Gasteiger partial charge in [-0.3, -0.25) is 52.5 Å². The van der Waals surface area contributed by atoms with E-state index in [0.717, 1.165) is 26.9 Å². The Labute approximate surface area is 359 Å². The maximum Gasteiger partial charge on any atom is 0.266 e. The summed E-state index contributed by atoms with van der Waals surface area (Å²) >= 11 is 1.23. The molecule has 1 saturated carbocycles. The van der Waals surface area contributed by atoms with Gasteiger partial charge in [0.15, 0.2) is 11.7 Å². The lowest BCUT2D eigenvalue weighted by molar-refractivity contribution is -0.136. The molecule has 4 atom stereocenters. The number of anilines is 1. The van der Waals surface area contributed by atoms with E-state index in [1.807, 2.05) is 30.3 Å². The number of nitrogens with one attached hydrogen (secondary N) is 5. The molecular formula is C41H42N8O11S2. The molecule has 8 amide bonds. The van der Waals surface area contributed by atoms with Gasteiger partial charge in [-0.15, -0.1) is 11.3 Å². The monoisotopic (exact) mass is 886 g/mol. The van der Waals surface area contributed by atoms with E-state index in [9.17, 15) is 46.8 Å². The van der Waals surface area contributed by atoms with Gasteiger partial charge in [0.25, 0.3) is 23.6 Å². The third kappa shape index (κ3) is 10.1. The lowest BCUT2D eigenvalue weighted by atomic mass is 10.0. The molecule has 0 spiro atoms. The molecule has 4 aromatic rings. The number of imide groups is 2. The van der Waals surface area contributed by atoms with Crippen molar-refractivity contribution in [3.05, 3.63) is 89.1 Å². The number of hydrogen-bond acceptors (Lipinski definition) is 13.